The molecule has 0 atom stereocenters. The highest BCUT2D eigenvalue weighted by atomic mass is 32.1. The number of likely N-dealkylation sites (N-methyl/N-ethyl adjacent to an activating group) is 1. The van der Waals surface area contributed by atoms with E-state index < -0.39 is 11.5 Å². The SMILES string of the molecule is CCNC(C)(C)C(=O)Nc1c(C)csc1C(=O)OC. The van der Waals surface area contributed by atoms with Crippen LogP contribution >= 0.6 is 11.3 Å². The second-order valence-electron chi connectivity index (χ2n) is 4.72. The number of esters is 1. The molecule has 0 fully saturated rings. The van der Waals surface area contributed by atoms with Crippen molar-refractivity contribution >= 4 is 28.9 Å². The number of methoxy groups -OCH3 is 1. The first-order valence-electron chi connectivity index (χ1n) is 6.06. The van der Waals surface area contributed by atoms with Gasteiger partial charge in [0.05, 0.1) is 18.3 Å². The molecule has 1 heterocycles. The van der Waals surface area contributed by atoms with E-state index >= 15 is 0 Å². The molecule has 1 aromatic rings. The number of hydrogen-bond donors (Lipinski definition) is 2. The van der Waals surface area contributed by atoms with Gasteiger partial charge < -0.3 is 15.4 Å². The van der Waals surface area contributed by atoms with Crippen LogP contribution in [0.1, 0.15) is 36.0 Å². The zero-order valence-corrected chi connectivity index (χ0v) is 12.7. The van der Waals surface area contributed by atoms with Crippen molar-refractivity contribution in [1.29, 1.82) is 0 Å². The molecule has 5 nitrogen and oxygen atoms in total. The van der Waals surface area contributed by atoms with E-state index in [0.29, 0.717) is 17.1 Å². The van der Waals surface area contributed by atoms with Crippen LogP contribution in [0, 0.1) is 6.92 Å². The maximum atomic E-state index is 12.2. The maximum Gasteiger partial charge on any atom is 0.350 e. The number of nitrogens with one attached hydrogen (secondary N) is 2. The van der Waals surface area contributed by atoms with Gasteiger partial charge in [0, 0.05) is 0 Å². The van der Waals surface area contributed by atoms with Crippen molar-refractivity contribution in [3.63, 3.8) is 0 Å². The minimum Gasteiger partial charge on any atom is -0.465 e. The smallest absolute Gasteiger partial charge is 0.350 e. The number of anilines is 1. The van der Waals surface area contributed by atoms with Crippen LogP contribution in [0.5, 0.6) is 0 Å². The molecule has 0 radical (unpaired) electrons. The Kier molecular flexibility index (Phi) is 5.08. The average molecular weight is 284 g/mol. The second-order valence-corrected chi connectivity index (χ2v) is 5.60. The highest BCUT2D eigenvalue weighted by Crippen LogP contribution is 2.29. The zero-order valence-electron chi connectivity index (χ0n) is 11.9. The molecule has 0 saturated carbocycles. The van der Waals surface area contributed by atoms with Gasteiger partial charge in [0.1, 0.15) is 4.88 Å². The van der Waals surface area contributed by atoms with E-state index in [0.717, 1.165) is 5.56 Å². The van der Waals surface area contributed by atoms with Gasteiger partial charge in [-0.2, -0.15) is 0 Å². The van der Waals surface area contributed by atoms with Crippen molar-refractivity contribution in [2.24, 2.45) is 0 Å². The van der Waals surface area contributed by atoms with Gasteiger partial charge >= 0.3 is 5.97 Å². The van der Waals surface area contributed by atoms with E-state index in [1.807, 2.05) is 19.2 Å². The molecule has 0 aliphatic carbocycles. The molecule has 0 aliphatic heterocycles. The van der Waals surface area contributed by atoms with E-state index in [1.165, 1.54) is 18.4 Å². The van der Waals surface area contributed by atoms with Crippen LogP contribution in [0.25, 0.3) is 0 Å². The third-order valence-electron chi connectivity index (χ3n) is 2.77. The lowest BCUT2D eigenvalue weighted by Crippen LogP contribution is -2.49. The summed E-state index contributed by atoms with van der Waals surface area (Å²) in [5.41, 5.74) is 0.690. The fourth-order valence-corrected chi connectivity index (χ4v) is 2.56. The molecule has 0 aliphatic rings. The molecule has 106 valence electrons. The minimum absolute atomic E-state index is 0.180. The summed E-state index contributed by atoms with van der Waals surface area (Å²) in [7, 11) is 1.32. The van der Waals surface area contributed by atoms with Crippen molar-refractivity contribution < 1.29 is 14.3 Å². The van der Waals surface area contributed by atoms with Crippen LogP contribution in [0.2, 0.25) is 0 Å². The minimum atomic E-state index is -0.698. The highest BCUT2D eigenvalue weighted by Gasteiger charge is 2.28. The lowest BCUT2D eigenvalue weighted by Gasteiger charge is -2.24. The number of hydrogen-bond acceptors (Lipinski definition) is 5. The van der Waals surface area contributed by atoms with E-state index in [4.69, 9.17) is 4.74 Å². The second kappa shape index (κ2) is 6.16. The molecule has 2 N–H and O–H groups in total. The summed E-state index contributed by atoms with van der Waals surface area (Å²) < 4.78 is 4.71. The monoisotopic (exact) mass is 284 g/mol. The molecule has 0 spiro atoms. The number of aryl methyl sites for hydroxylation is 1. The molecular formula is C13H20N2O3S. The molecule has 0 unspecified atom stereocenters. The normalized spacial score (nSPS) is 11.2. The molecular weight excluding hydrogens is 264 g/mol. The summed E-state index contributed by atoms with van der Waals surface area (Å²) in [6.45, 7) is 8.06. The van der Waals surface area contributed by atoms with Gasteiger partial charge in [0.15, 0.2) is 0 Å². The fourth-order valence-electron chi connectivity index (χ4n) is 1.63. The van der Waals surface area contributed by atoms with Crippen molar-refractivity contribution in [2.75, 3.05) is 19.0 Å². The fraction of sp³-hybridized carbons (Fsp3) is 0.538. The van der Waals surface area contributed by atoms with E-state index in [-0.39, 0.29) is 5.91 Å². The first kappa shape index (κ1) is 15.7. The van der Waals surface area contributed by atoms with Crippen molar-refractivity contribution in [2.45, 2.75) is 33.2 Å². The summed E-state index contributed by atoms with van der Waals surface area (Å²) in [5, 5.41) is 7.72. The summed E-state index contributed by atoms with van der Waals surface area (Å²) in [5.74, 6) is -0.615. The number of carbonyl (C=O) groups excluding carboxylic acids is 2. The van der Waals surface area contributed by atoms with Crippen molar-refractivity contribution in [3.8, 4) is 0 Å². The Balaban J connectivity index is 2.97. The zero-order chi connectivity index (χ0) is 14.6. The predicted molar refractivity (Wildman–Crippen MR) is 76.8 cm³/mol. The van der Waals surface area contributed by atoms with Crippen LogP contribution in [-0.4, -0.2) is 31.1 Å². The number of carbonyl (C=O) groups is 2. The molecule has 0 bridgehead atoms. The van der Waals surface area contributed by atoms with Crippen LogP contribution in [0.4, 0.5) is 5.69 Å². The van der Waals surface area contributed by atoms with E-state index in [2.05, 4.69) is 10.6 Å². The lowest BCUT2D eigenvalue weighted by molar-refractivity contribution is -0.121. The Morgan fingerprint density at radius 2 is 2.05 bits per heavy atom. The summed E-state index contributed by atoms with van der Waals surface area (Å²) in [6.07, 6.45) is 0. The van der Waals surface area contributed by atoms with Crippen molar-refractivity contribution in [1.82, 2.24) is 5.32 Å². The van der Waals surface area contributed by atoms with E-state index in [1.54, 1.807) is 13.8 Å². The Morgan fingerprint density at radius 3 is 2.58 bits per heavy atom. The molecule has 1 aromatic heterocycles. The first-order chi connectivity index (χ1) is 8.83. The van der Waals surface area contributed by atoms with Gasteiger partial charge in [-0.05, 0) is 38.3 Å². The van der Waals surface area contributed by atoms with Gasteiger partial charge in [0.25, 0.3) is 0 Å². The van der Waals surface area contributed by atoms with Crippen molar-refractivity contribution in [3.05, 3.63) is 15.8 Å². The Labute approximate surface area is 117 Å². The molecule has 6 heteroatoms. The molecule has 1 rings (SSSR count). The average Bonchev–Trinajstić information content (AvgIpc) is 2.70. The number of amides is 1. The standard InChI is InChI=1S/C13H20N2O3S/c1-6-14-13(3,4)12(17)15-9-8(2)7-19-10(9)11(16)18-5/h7,14H,6H2,1-5H3,(H,15,17). The molecule has 0 aromatic carbocycles. The van der Waals surface area contributed by atoms with Crippen LogP contribution < -0.4 is 10.6 Å². The largest absolute Gasteiger partial charge is 0.465 e. The first-order valence-corrected chi connectivity index (χ1v) is 6.94. The number of ether oxygens (including phenoxy) is 1. The summed E-state index contributed by atoms with van der Waals surface area (Å²) in [4.78, 5) is 24.3. The van der Waals surface area contributed by atoms with Gasteiger partial charge in [-0.1, -0.05) is 6.92 Å². The predicted octanol–water partition coefficient (Wildman–Crippen LogP) is 2.17. The van der Waals surface area contributed by atoms with Gasteiger partial charge in [-0.25, -0.2) is 4.79 Å². The Bertz CT molecular complexity index is 480. The van der Waals surface area contributed by atoms with Gasteiger partial charge in [-0.15, -0.1) is 11.3 Å². The topological polar surface area (TPSA) is 67.4 Å². The quantitative estimate of drug-likeness (QED) is 0.813. The van der Waals surface area contributed by atoms with E-state index in [9.17, 15) is 9.59 Å². The third-order valence-corrected chi connectivity index (χ3v) is 3.85. The van der Waals surface area contributed by atoms with Crippen LogP contribution in [0.3, 0.4) is 0 Å². The maximum absolute atomic E-state index is 12.2. The van der Waals surface area contributed by atoms with Crippen LogP contribution in [0.15, 0.2) is 5.38 Å². The highest BCUT2D eigenvalue weighted by molar-refractivity contribution is 7.12. The molecule has 1 amide bonds. The Hall–Kier alpha value is -1.40. The Morgan fingerprint density at radius 1 is 1.42 bits per heavy atom. The van der Waals surface area contributed by atoms with Crippen LogP contribution in [-0.2, 0) is 9.53 Å². The summed E-state index contributed by atoms with van der Waals surface area (Å²) >= 11 is 1.27. The number of rotatable bonds is 5. The summed E-state index contributed by atoms with van der Waals surface area (Å²) in [6, 6.07) is 0. The molecule has 19 heavy (non-hydrogen) atoms. The lowest BCUT2D eigenvalue weighted by atomic mass is 10.0. The van der Waals surface area contributed by atoms with Gasteiger partial charge in [-0.3, -0.25) is 4.79 Å². The molecule has 0 saturated heterocycles. The number of thiophene rings is 1. The third kappa shape index (κ3) is 3.54. The van der Waals surface area contributed by atoms with Gasteiger partial charge in [0.2, 0.25) is 5.91 Å².